The van der Waals surface area contributed by atoms with Gasteiger partial charge in [-0.3, -0.25) is 0 Å². The lowest BCUT2D eigenvalue weighted by atomic mass is 10.1. The van der Waals surface area contributed by atoms with Crippen molar-refractivity contribution in [2.24, 2.45) is 0 Å². The first-order chi connectivity index (χ1) is 7.41. The molecule has 0 amide bonds. The van der Waals surface area contributed by atoms with Crippen LogP contribution in [0.2, 0.25) is 0 Å². The first-order valence-electron chi connectivity index (χ1n) is 6.96. The predicted molar refractivity (Wildman–Crippen MR) is 69.8 cm³/mol. The lowest BCUT2D eigenvalue weighted by Gasteiger charge is -2.02. The zero-order valence-electron chi connectivity index (χ0n) is 10.9. The minimum Gasteiger partial charge on any atom is -0.313 e. The van der Waals surface area contributed by atoms with E-state index in [0.29, 0.717) is 0 Å². The Morgan fingerprint density at radius 3 is 1.80 bits per heavy atom. The summed E-state index contributed by atoms with van der Waals surface area (Å²) < 4.78 is 0. The summed E-state index contributed by atoms with van der Waals surface area (Å²) in [4.78, 5) is 0. The Balaban J connectivity index is 2.81. The molecule has 0 aliphatic rings. The summed E-state index contributed by atoms with van der Waals surface area (Å²) in [5.74, 6) is 0. The Morgan fingerprint density at radius 1 is 0.733 bits per heavy atom. The van der Waals surface area contributed by atoms with Crippen molar-refractivity contribution in [2.75, 3.05) is 6.54 Å². The van der Waals surface area contributed by atoms with E-state index in [0.717, 1.165) is 6.54 Å². The highest BCUT2D eigenvalue weighted by Crippen LogP contribution is 2.10. The van der Waals surface area contributed by atoms with Crippen LogP contribution in [0.1, 0.15) is 78.1 Å². The van der Waals surface area contributed by atoms with Crippen LogP contribution in [0.15, 0.2) is 0 Å². The van der Waals surface area contributed by atoms with Crippen molar-refractivity contribution in [3.8, 4) is 0 Å². The van der Waals surface area contributed by atoms with E-state index in [4.69, 9.17) is 0 Å². The molecular weight excluding hydrogens is 182 g/mol. The van der Waals surface area contributed by atoms with Crippen molar-refractivity contribution in [1.29, 1.82) is 0 Å². The van der Waals surface area contributed by atoms with Gasteiger partial charge >= 0.3 is 0 Å². The highest BCUT2D eigenvalue weighted by molar-refractivity contribution is 4.59. The molecule has 0 unspecified atom stereocenters. The maximum absolute atomic E-state index is 3.25. The van der Waals surface area contributed by atoms with Crippen LogP contribution in [0.5, 0.6) is 0 Å². The highest BCUT2D eigenvalue weighted by Gasteiger charge is 1.92. The Kier molecular flexibility index (Phi) is 13.9. The molecule has 1 heteroatoms. The Morgan fingerprint density at radius 2 is 1.27 bits per heavy atom. The van der Waals surface area contributed by atoms with E-state index in [2.05, 4.69) is 25.7 Å². The van der Waals surface area contributed by atoms with Gasteiger partial charge in [-0.05, 0) is 13.0 Å². The van der Waals surface area contributed by atoms with Crippen LogP contribution in [0.3, 0.4) is 0 Å². The van der Waals surface area contributed by atoms with E-state index in [1.165, 1.54) is 64.2 Å². The summed E-state index contributed by atoms with van der Waals surface area (Å²) in [5.41, 5.74) is 0. The topological polar surface area (TPSA) is 12.0 Å². The van der Waals surface area contributed by atoms with E-state index in [1.807, 2.05) is 0 Å². The standard InChI is InChI=1S/C14H30N/c1-3-5-6-7-8-9-10-11-12-13-14-15-4-2/h14-15H,3-13H2,1-2H3. The van der Waals surface area contributed by atoms with Crippen LogP contribution in [0, 0.1) is 6.54 Å². The second-order valence-electron chi connectivity index (χ2n) is 4.38. The molecule has 0 aromatic rings. The van der Waals surface area contributed by atoms with Gasteiger partial charge in [0.2, 0.25) is 0 Å². The van der Waals surface area contributed by atoms with Crippen molar-refractivity contribution < 1.29 is 0 Å². The van der Waals surface area contributed by atoms with E-state index < -0.39 is 0 Å². The molecule has 15 heavy (non-hydrogen) atoms. The van der Waals surface area contributed by atoms with Crippen LogP contribution < -0.4 is 5.32 Å². The SMILES string of the molecule is CCCCCCCCCCC[CH]NCC. The van der Waals surface area contributed by atoms with Gasteiger partial charge in [0.25, 0.3) is 0 Å². The summed E-state index contributed by atoms with van der Waals surface area (Å²) >= 11 is 0. The molecule has 0 saturated heterocycles. The molecule has 0 heterocycles. The third-order valence-electron chi connectivity index (χ3n) is 2.80. The highest BCUT2D eigenvalue weighted by atomic mass is 14.8. The van der Waals surface area contributed by atoms with E-state index in [1.54, 1.807) is 0 Å². The Hall–Kier alpha value is -0.0400. The largest absolute Gasteiger partial charge is 0.313 e. The number of unbranched alkanes of at least 4 members (excludes halogenated alkanes) is 9. The van der Waals surface area contributed by atoms with Crippen LogP contribution in [-0.2, 0) is 0 Å². The summed E-state index contributed by atoms with van der Waals surface area (Å²) in [7, 11) is 0. The molecule has 1 nitrogen and oxygen atoms in total. The van der Waals surface area contributed by atoms with Crippen LogP contribution in [0.4, 0.5) is 0 Å². The first-order valence-corrected chi connectivity index (χ1v) is 6.96. The fourth-order valence-corrected chi connectivity index (χ4v) is 1.80. The lowest BCUT2D eigenvalue weighted by molar-refractivity contribution is 0.559. The molecule has 0 aliphatic heterocycles. The molecule has 0 spiro atoms. The summed E-state index contributed by atoms with van der Waals surface area (Å²) in [6.07, 6.45) is 14.1. The van der Waals surface area contributed by atoms with Gasteiger partial charge in [0.1, 0.15) is 0 Å². The molecule has 0 rings (SSSR count). The van der Waals surface area contributed by atoms with Crippen LogP contribution in [0.25, 0.3) is 0 Å². The molecule has 0 bridgehead atoms. The third kappa shape index (κ3) is 14.0. The second-order valence-corrected chi connectivity index (χ2v) is 4.38. The number of rotatable bonds is 12. The average molecular weight is 212 g/mol. The van der Waals surface area contributed by atoms with Crippen LogP contribution >= 0.6 is 0 Å². The van der Waals surface area contributed by atoms with Crippen molar-refractivity contribution in [3.63, 3.8) is 0 Å². The van der Waals surface area contributed by atoms with Crippen molar-refractivity contribution >= 4 is 0 Å². The smallest absolute Gasteiger partial charge is 0.0221 e. The first kappa shape index (κ1) is 15.0. The molecule has 0 aliphatic carbocycles. The van der Waals surface area contributed by atoms with Crippen molar-refractivity contribution in [1.82, 2.24) is 5.32 Å². The molecule has 1 radical (unpaired) electrons. The van der Waals surface area contributed by atoms with Gasteiger partial charge in [-0.1, -0.05) is 71.6 Å². The van der Waals surface area contributed by atoms with Gasteiger partial charge in [0, 0.05) is 6.54 Å². The number of hydrogen-bond donors (Lipinski definition) is 1. The molecule has 0 atom stereocenters. The maximum atomic E-state index is 3.25. The minimum atomic E-state index is 1.07. The third-order valence-corrected chi connectivity index (χ3v) is 2.80. The number of hydrogen-bond acceptors (Lipinski definition) is 1. The zero-order chi connectivity index (χ0) is 11.2. The van der Waals surface area contributed by atoms with Gasteiger partial charge in [0.05, 0.1) is 0 Å². The lowest BCUT2D eigenvalue weighted by Crippen LogP contribution is -2.07. The van der Waals surface area contributed by atoms with E-state index >= 15 is 0 Å². The Labute approximate surface area is 97.0 Å². The molecule has 0 aromatic heterocycles. The normalized spacial score (nSPS) is 10.8. The van der Waals surface area contributed by atoms with Gasteiger partial charge < -0.3 is 5.32 Å². The molecule has 91 valence electrons. The maximum Gasteiger partial charge on any atom is 0.0221 e. The average Bonchev–Trinajstić information content (AvgIpc) is 2.26. The van der Waals surface area contributed by atoms with Crippen LogP contribution in [-0.4, -0.2) is 6.54 Å². The molecule has 0 fully saturated rings. The predicted octanol–water partition coefficient (Wildman–Crippen LogP) is 4.68. The fraction of sp³-hybridized carbons (Fsp3) is 0.929. The molecule has 0 saturated carbocycles. The van der Waals surface area contributed by atoms with Gasteiger partial charge in [-0.15, -0.1) is 0 Å². The summed E-state index contributed by atoms with van der Waals surface area (Å²) in [5, 5.41) is 3.25. The summed E-state index contributed by atoms with van der Waals surface area (Å²) in [6, 6.07) is 0. The number of nitrogens with one attached hydrogen (secondary N) is 1. The zero-order valence-corrected chi connectivity index (χ0v) is 10.9. The Bertz CT molecular complexity index is 89.5. The molecule has 1 N–H and O–H groups in total. The summed E-state index contributed by atoms with van der Waals surface area (Å²) in [6.45, 7) is 7.70. The minimum absolute atomic E-state index is 1.07. The van der Waals surface area contributed by atoms with Crippen molar-refractivity contribution in [2.45, 2.75) is 78.1 Å². The van der Waals surface area contributed by atoms with Crippen molar-refractivity contribution in [3.05, 3.63) is 6.54 Å². The quantitative estimate of drug-likeness (QED) is 0.463. The fourth-order valence-electron chi connectivity index (χ4n) is 1.80. The molecule has 0 aromatic carbocycles. The monoisotopic (exact) mass is 212 g/mol. The molecular formula is C14H30N. The van der Waals surface area contributed by atoms with Gasteiger partial charge in [-0.2, -0.15) is 0 Å². The van der Waals surface area contributed by atoms with E-state index in [9.17, 15) is 0 Å². The van der Waals surface area contributed by atoms with E-state index in [-0.39, 0.29) is 0 Å². The van der Waals surface area contributed by atoms with Gasteiger partial charge in [0.15, 0.2) is 0 Å². The second kappa shape index (κ2) is 14.0. The van der Waals surface area contributed by atoms with Gasteiger partial charge in [-0.25, -0.2) is 0 Å².